The Morgan fingerprint density at radius 3 is 2.38 bits per heavy atom. The molecule has 4 bridgehead atoms. The smallest absolute Gasteiger partial charge is 0.279 e. The molecule has 4 saturated carbocycles. The summed E-state index contributed by atoms with van der Waals surface area (Å²) in [7, 11) is 3.51. The van der Waals surface area contributed by atoms with Crippen molar-refractivity contribution in [3.05, 3.63) is 24.3 Å². The van der Waals surface area contributed by atoms with Gasteiger partial charge in [-0.3, -0.25) is 9.59 Å². The standard InChI is InChI=1S/C23H33N3O3/c1-15(26(2)14-21(27)24-19-5-4-6-20(10-19)29-3)22(28)25-23-11-16-7-17(12-23)9-18(8-16)13-23/h4-6,10,15-18H,7-9,11-14H2,1-3H3,(H,24,27)(H,25,28)/p+1/t15-,16?,17?,18?,23?/m1/s1. The van der Waals surface area contributed by atoms with Gasteiger partial charge in [0.1, 0.15) is 5.75 Å². The normalized spacial score (nSPS) is 31.8. The number of hydrogen-bond acceptors (Lipinski definition) is 3. The summed E-state index contributed by atoms with van der Waals surface area (Å²) in [6, 6.07) is 7.03. The molecule has 3 N–H and O–H groups in total. The van der Waals surface area contributed by atoms with Crippen LogP contribution >= 0.6 is 0 Å². The van der Waals surface area contributed by atoms with E-state index in [1.165, 1.54) is 19.3 Å². The molecule has 5 rings (SSSR count). The number of rotatable bonds is 7. The van der Waals surface area contributed by atoms with Gasteiger partial charge in [0.25, 0.3) is 11.8 Å². The third kappa shape index (κ3) is 4.42. The van der Waals surface area contributed by atoms with Gasteiger partial charge in [0.05, 0.1) is 14.2 Å². The largest absolute Gasteiger partial charge is 0.497 e. The van der Waals surface area contributed by atoms with E-state index in [1.807, 2.05) is 32.2 Å². The zero-order valence-electron chi connectivity index (χ0n) is 17.8. The first-order chi connectivity index (χ1) is 13.9. The summed E-state index contributed by atoms with van der Waals surface area (Å²) in [5.41, 5.74) is 0.719. The molecular formula is C23H34N3O3+. The minimum atomic E-state index is -0.265. The molecule has 0 aliphatic heterocycles. The fourth-order valence-electron chi connectivity index (χ4n) is 6.17. The van der Waals surface area contributed by atoms with E-state index in [2.05, 4.69) is 10.6 Å². The second-order valence-corrected chi connectivity index (χ2v) is 9.71. The number of carbonyl (C=O) groups excluding carboxylic acids is 2. The highest BCUT2D eigenvalue weighted by atomic mass is 16.5. The molecule has 6 heteroatoms. The van der Waals surface area contributed by atoms with Gasteiger partial charge in [-0.15, -0.1) is 0 Å². The zero-order valence-corrected chi connectivity index (χ0v) is 17.8. The van der Waals surface area contributed by atoms with Crippen molar-refractivity contribution in [1.29, 1.82) is 0 Å². The molecular weight excluding hydrogens is 366 g/mol. The number of ether oxygens (including phenoxy) is 1. The number of quaternary nitrogens is 1. The van der Waals surface area contributed by atoms with E-state index < -0.39 is 0 Å². The highest BCUT2D eigenvalue weighted by Crippen LogP contribution is 2.55. The van der Waals surface area contributed by atoms with E-state index in [0.717, 1.165) is 41.9 Å². The van der Waals surface area contributed by atoms with Crippen molar-refractivity contribution >= 4 is 17.5 Å². The first-order valence-electron chi connectivity index (χ1n) is 10.9. The molecule has 4 aliphatic carbocycles. The van der Waals surface area contributed by atoms with Crippen molar-refractivity contribution in [3.8, 4) is 5.75 Å². The van der Waals surface area contributed by atoms with E-state index in [9.17, 15) is 9.59 Å². The third-order valence-corrected chi connectivity index (χ3v) is 7.35. The molecule has 29 heavy (non-hydrogen) atoms. The van der Waals surface area contributed by atoms with E-state index in [1.54, 1.807) is 13.2 Å². The Morgan fingerprint density at radius 1 is 1.17 bits per heavy atom. The van der Waals surface area contributed by atoms with Crippen LogP contribution in [0.25, 0.3) is 0 Å². The lowest BCUT2D eigenvalue weighted by molar-refractivity contribution is -0.885. The molecule has 1 unspecified atom stereocenters. The van der Waals surface area contributed by atoms with Crippen LogP contribution in [0.5, 0.6) is 5.75 Å². The molecule has 0 saturated heterocycles. The quantitative estimate of drug-likeness (QED) is 0.651. The fraction of sp³-hybridized carbons (Fsp3) is 0.652. The van der Waals surface area contributed by atoms with Gasteiger partial charge >= 0.3 is 0 Å². The van der Waals surface area contributed by atoms with Gasteiger partial charge in [-0.25, -0.2) is 0 Å². The summed E-state index contributed by atoms with van der Waals surface area (Å²) in [6.07, 6.45) is 7.52. The summed E-state index contributed by atoms with van der Waals surface area (Å²) in [4.78, 5) is 26.4. The highest BCUT2D eigenvalue weighted by molar-refractivity contribution is 5.91. The van der Waals surface area contributed by atoms with Crippen LogP contribution in [0, 0.1) is 17.8 Å². The number of amides is 2. The average molecular weight is 401 g/mol. The predicted octanol–water partition coefficient (Wildman–Crippen LogP) is 1.62. The van der Waals surface area contributed by atoms with Crippen molar-refractivity contribution in [2.24, 2.45) is 17.8 Å². The number of benzene rings is 1. The maximum absolute atomic E-state index is 13.0. The van der Waals surface area contributed by atoms with Crippen LogP contribution in [0.1, 0.15) is 45.4 Å². The maximum atomic E-state index is 13.0. The number of methoxy groups -OCH3 is 1. The van der Waals surface area contributed by atoms with Gasteiger partial charge in [0.15, 0.2) is 12.6 Å². The lowest BCUT2D eigenvalue weighted by Gasteiger charge is -2.57. The summed E-state index contributed by atoms with van der Waals surface area (Å²) >= 11 is 0. The molecule has 4 fully saturated rings. The second kappa shape index (κ2) is 7.98. The van der Waals surface area contributed by atoms with Crippen molar-refractivity contribution in [2.45, 2.75) is 57.0 Å². The van der Waals surface area contributed by atoms with Gasteiger partial charge < -0.3 is 20.3 Å². The Balaban J connectivity index is 1.31. The molecule has 2 atom stereocenters. The predicted molar refractivity (Wildman–Crippen MR) is 112 cm³/mol. The lowest BCUT2D eigenvalue weighted by Crippen LogP contribution is -3.15. The number of anilines is 1. The van der Waals surface area contributed by atoms with Gasteiger partial charge in [0.2, 0.25) is 0 Å². The minimum absolute atomic E-state index is 0.0171. The molecule has 6 nitrogen and oxygen atoms in total. The van der Waals surface area contributed by atoms with Crippen molar-refractivity contribution in [2.75, 3.05) is 26.0 Å². The Kier molecular flexibility index (Phi) is 5.56. The van der Waals surface area contributed by atoms with E-state index in [0.29, 0.717) is 11.4 Å². The molecule has 0 heterocycles. The van der Waals surface area contributed by atoms with Gasteiger partial charge in [-0.1, -0.05) is 6.07 Å². The van der Waals surface area contributed by atoms with Crippen molar-refractivity contribution < 1.29 is 19.2 Å². The van der Waals surface area contributed by atoms with Gasteiger partial charge in [-0.2, -0.15) is 0 Å². The first-order valence-corrected chi connectivity index (χ1v) is 10.9. The lowest BCUT2D eigenvalue weighted by atomic mass is 9.53. The molecule has 1 aromatic rings. The van der Waals surface area contributed by atoms with E-state index >= 15 is 0 Å². The zero-order chi connectivity index (χ0) is 20.6. The average Bonchev–Trinajstić information content (AvgIpc) is 2.65. The van der Waals surface area contributed by atoms with Crippen LogP contribution in [0.15, 0.2) is 24.3 Å². The van der Waals surface area contributed by atoms with Crippen LogP contribution in [0.4, 0.5) is 5.69 Å². The highest BCUT2D eigenvalue weighted by Gasteiger charge is 2.52. The Morgan fingerprint density at radius 2 is 1.79 bits per heavy atom. The number of carbonyl (C=O) groups is 2. The fourth-order valence-corrected chi connectivity index (χ4v) is 6.17. The topological polar surface area (TPSA) is 71.9 Å². The summed E-state index contributed by atoms with van der Waals surface area (Å²) < 4.78 is 5.19. The first kappa shape index (κ1) is 20.2. The third-order valence-electron chi connectivity index (χ3n) is 7.35. The van der Waals surface area contributed by atoms with Crippen LogP contribution in [-0.4, -0.2) is 44.1 Å². The monoisotopic (exact) mass is 400 g/mol. The number of hydrogen-bond donors (Lipinski definition) is 3. The molecule has 0 radical (unpaired) electrons. The van der Waals surface area contributed by atoms with Crippen LogP contribution in [-0.2, 0) is 9.59 Å². The van der Waals surface area contributed by atoms with Crippen LogP contribution < -0.4 is 20.3 Å². The Bertz CT molecular complexity index is 743. The second-order valence-electron chi connectivity index (χ2n) is 9.71. The van der Waals surface area contributed by atoms with Crippen LogP contribution in [0.2, 0.25) is 0 Å². The van der Waals surface area contributed by atoms with Crippen molar-refractivity contribution in [3.63, 3.8) is 0 Å². The molecule has 2 amide bonds. The number of likely N-dealkylation sites (N-methyl/N-ethyl adjacent to an activating group) is 1. The van der Waals surface area contributed by atoms with Gasteiger partial charge in [0, 0.05) is 17.3 Å². The molecule has 1 aromatic carbocycles. The van der Waals surface area contributed by atoms with Gasteiger partial charge in [-0.05, 0) is 75.3 Å². The van der Waals surface area contributed by atoms with E-state index in [4.69, 9.17) is 4.74 Å². The molecule has 0 spiro atoms. The molecule has 4 aliphatic rings. The molecule has 0 aromatic heterocycles. The summed E-state index contributed by atoms with van der Waals surface area (Å²) in [5, 5.41) is 6.33. The Hall–Kier alpha value is -2.08. The minimum Gasteiger partial charge on any atom is -0.497 e. The Labute approximate surface area is 173 Å². The van der Waals surface area contributed by atoms with Crippen LogP contribution in [0.3, 0.4) is 0 Å². The number of nitrogens with one attached hydrogen (secondary N) is 3. The SMILES string of the molecule is COc1cccc(NC(=O)C[NH+](C)[C@H](C)C(=O)NC23CC4CC(CC(C4)C2)C3)c1. The maximum Gasteiger partial charge on any atom is 0.279 e. The summed E-state index contributed by atoms with van der Waals surface area (Å²) in [5.74, 6) is 3.08. The molecule has 158 valence electrons. The van der Waals surface area contributed by atoms with Crippen molar-refractivity contribution in [1.82, 2.24) is 5.32 Å². The van der Waals surface area contributed by atoms with E-state index in [-0.39, 0.29) is 29.9 Å². The summed E-state index contributed by atoms with van der Waals surface area (Å²) in [6.45, 7) is 2.16.